The Kier molecular flexibility index (Phi) is 2.60. The number of rotatable bonds is 2. The zero-order valence-electron chi connectivity index (χ0n) is 7.70. The van der Waals surface area contributed by atoms with Crippen LogP contribution in [0, 0.1) is 6.92 Å². The number of nitrogen functional groups attached to an aromatic ring is 1. The largest absolute Gasteiger partial charge is 0.369 e. The normalized spacial score (nSPS) is 10.7. The van der Waals surface area contributed by atoms with E-state index in [0.29, 0.717) is 5.95 Å². The van der Waals surface area contributed by atoms with Crippen LogP contribution in [-0.4, -0.2) is 9.55 Å². The Morgan fingerprint density at radius 1 is 1.57 bits per heavy atom. The van der Waals surface area contributed by atoms with Crippen molar-refractivity contribution in [2.24, 2.45) is 0 Å². The van der Waals surface area contributed by atoms with Crippen LogP contribution in [0.1, 0.15) is 10.6 Å². The molecule has 0 spiro atoms. The molecule has 14 heavy (non-hydrogen) atoms. The first-order chi connectivity index (χ1) is 6.65. The van der Waals surface area contributed by atoms with Crippen LogP contribution in [0.2, 0.25) is 0 Å². The minimum Gasteiger partial charge on any atom is -0.369 e. The van der Waals surface area contributed by atoms with Gasteiger partial charge in [-0.2, -0.15) is 0 Å². The molecule has 0 saturated heterocycles. The third-order valence-corrected chi connectivity index (χ3v) is 3.49. The molecule has 0 aliphatic rings. The van der Waals surface area contributed by atoms with Crippen molar-refractivity contribution in [1.29, 1.82) is 0 Å². The lowest BCUT2D eigenvalue weighted by atomic mass is 10.4. The first-order valence-corrected chi connectivity index (χ1v) is 5.79. The smallest absolute Gasteiger partial charge is 0.200 e. The first-order valence-electron chi connectivity index (χ1n) is 4.18. The van der Waals surface area contributed by atoms with E-state index < -0.39 is 0 Å². The number of aromatic nitrogens is 2. The molecule has 0 fully saturated rings. The summed E-state index contributed by atoms with van der Waals surface area (Å²) in [5.74, 6) is 0.576. The molecule has 0 aromatic carbocycles. The third-order valence-electron chi connectivity index (χ3n) is 1.88. The molecule has 0 aliphatic heterocycles. The molecule has 0 bridgehead atoms. The van der Waals surface area contributed by atoms with Gasteiger partial charge in [0, 0.05) is 11.1 Å². The van der Waals surface area contributed by atoms with E-state index in [1.54, 1.807) is 11.3 Å². The zero-order valence-corrected chi connectivity index (χ0v) is 10.1. The molecule has 74 valence electrons. The van der Waals surface area contributed by atoms with Gasteiger partial charge < -0.3 is 10.3 Å². The van der Waals surface area contributed by atoms with E-state index in [1.807, 2.05) is 23.8 Å². The summed E-state index contributed by atoms with van der Waals surface area (Å²) in [6, 6.07) is 4.13. The molecule has 2 rings (SSSR count). The van der Waals surface area contributed by atoms with Crippen molar-refractivity contribution < 1.29 is 0 Å². The monoisotopic (exact) mass is 271 g/mol. The molecule has 2 aromatic heterocycles. The lowest BCUT2D eigenvalue weighted by Gasteiger charge is -2.00. The van der Waals surface area contributed by atoms with Gasteiger partial charge in [0.15, 0.2) is 0 Å². The molecule has 3 nitrogen and oxygen atoms in total. The predicted octanol–water partition coefficient (Wildman–Crippen LogP) is 2.65. The van der Waals surface area contributed by atoms with Crippen molar-refractivity contribution in [2.45, 2.75) is 13.5 Å². The fourth-order valence-corrected chi connectivity index (χ4v) is 2.78. The van der Waals surface area contributed by atoms with Crippen molar-refractivity contribution in [3.8, 4) is 0 Å². The molecule has 0 saturated carbocycles. The topological polar surface area (TPSA) is 43.8 Å². The third kappa shape index (κ3) is 1.99. The highest BCUT2D eigenvalue weighted by Crippen LogP contribution is 2.23. The SMILES string of the molecule is Cc1cn(Cc2ccc(Br)s2)c(N)n1. The Morgan fingerprint density at radius 2 is 2.36 bits per heavy atom. The highest BCUT2D eigenvalue weighted by Gasteiger charge is 2.03. The van der Waals surface area contributed by atoms with Gasteiger partial charge in [-0.05, 0) is 35.0 Å². The molecule has 2 heterocycles. The Hall–Kier alpha value is -0.810. The van der Waals surface area contributed by atoms with Crippen molar-refractivity contribution >= 4 is 33.2 Å². The maximum atomic E-state index is 5.74. The number of nitrogens with two attached hydrogens (primary N) is 1. The van der Waals surface area contributed by atoms with E-state index in [4.69, 9.17) is 5.73 Å². The van der Waals surface area contributed by atoms with Crippen LogP contribution < -0.4 is 5.73 Å². The molecule has 2 N–H and O–H groups in total. The number of aryl methyl sites for hydroxylation is 1. The van der Waals surface area contributed by atoms with Gasteiger partial charge in [-0.15, -0.1) is 11.3 Å². The zero-order chi connectivity index (χ0) is 10.1. The molecule has 0 unspecified atom stereocenters. The van der Waals surface area contributed by atoms with Gasteiger partial charge in [0.2, 0.25) is 5.95 Å². The van der Waals surface area contributed by atoms with Gasteiger partial charge in [0.1, 0.15) is 0 Å². The molecule has 2 aromatic rings. The van der Waals surface area contributed by atoms with E-state index in [9.17, 15) is 0 Å². The van der Waals surface area contributed by atoms with Gasteiger partial charge in [-0.3, -0.25) is 0 Å². The summed E-state index contributed by atoms with van der Waals surface area (Å²) < 4.78 is 3.09. The second-order valence-electron chi connectivity index (χ2n) is 3.07. The van der Waals surface area contributed by atoms with Gasteiger partial charge in [-0.25, -0.2) is 4.98 Å². The highest BCUT2D eigenvalue weighted by atomic mass is 79.9. The maximum absolute atomic E-state index is 5.74. The molecule has 5 heteroatoms. The fourth-order valence-electron chi connectivity index (χ4n) is 1.30. The van der Waals surface area contributed by atoms with Crippen LogP contribution >= 0.6 is 27.3 Å². The Morgan fingerprint density at radius 3 is 2.86 bits per heavy atom. The number of imidazole rings is 1. The number of hydrogen-bond donors (Lipinski definition) is 1. The van der Waals surface area contributed by atoms with Crippen LogP contribution in [0.25, 0.3) is 0 Å². The lowest BCUT2D eigenvalue weighted by molar-refractivity contribution is 0.823. The Labute approximate surface area is 94.7 Å². The minimum atomic E-state index is 0.576. The van der Waals surface area contributed by atoms with E-state index in [1.165, 1.54) is 4.88 Å². The number of nitrogens with zero attached hydrogens (tertiary/aromatic N) is 2. The molecule has 0 aliphatic carbocycles. The quantitative estimate of drug-likeness (QED) is 0.913. The summed E-state index contributed by atoms with van der Waals surface area (Å²) in [5, 5.41) is 0. The van der Waals surface area contributed by atoms with Crippen molar-refractivity contribution in [3.63, 3.8) is 0 Å². The van der Waals surface area contributed by atoms with Crippen LogP contribution in [0.5, 0.6) is 0 Å². The second-order valence-corrected chi connectivity index (χ2v) is 5.62. The van der Waals surface area contributed by atoms with E-state index in [0.717, 1.165) is 16.0 Å². The summed E-state index contributed by atoms with van der Waals surface area (Å²) in [6.07, 6.45) is 1.96. The lowest BCUT2D eigenvalue weighted by Crippen LogP contribution is -2.01. The average molecular weight is 272 g/mol. The molecule has 0 amide bonds. The van der Waals surface area contributed by atoms with Crippen LogP contribution in [0.3, 0.4) is 0 Å². The predicted molar refractivity (Wildman–Crippen MR) is 62.5 cm³/mol. The molecular weight excluding hydrogens is 262 g/mol. The number of anilines is 1. The number of halogens is 1. The summed E-state index contributed by atoms with van der Waals surface area (Å²) in [5.41, 5.74) is 6.70. The van der Waals surface area contributed by atoms with Gasteiger partial charge >= 0.3 is 0 Å². The van der Waals surface area contributed by atoms with Gasteiger partial charge in [-0.1, -0.05) is 0 Å². The van der Waals surface area contributed by atoms with E-state index in [-0.39, 0.29) is 0 Å². The van der Waals surface area contributed by atoms with Crippen LogP contribution in [0.4, 0.5) is 5.95 Å². The maximum Gasteiger partial charge on any atom is 0.200 e. The van der Waals surface area contributed by atoms with Crippen molar-refractivity contribution in [1.82, 2.24) is 9.55 Å². The number of hydrogen-bond acceptors (Lipinski definition) is 3. The summed E-state index contributed by atoms with van der Waals surface area (Å²) in [4.78, 5) is 5.41. The minimum absolute atomic E-state index is 0.576. The van der Waals surface area contributed by atoms with Crippen molar-refractivity contribution in [2.75, 3.05) is 5.73 Å². The summed E-state index contributed by atoms with van der Waals surface area (Å²) in [6.45, 7) is 2.74. The first kappa shape index (κ1) is 9.73. The average Bonchev–Trinajstić information content (AvgIpc) is 2.61. The molecule has 0 atom stereocenters. The van der Waals surface area contributed by atoms with Gasteiger partial charge in [0.25, 0.3) is 0 Å². The van der Waals surface area contributed by atoms with E-state index in [2.05, 4.69) is 27.0 Å². The summed E-state index contributed by atoms with van der Waals surface area (Å²) in [7, 11) is 0. The van der Waals surface area contributed by atoms with E-state index >= 15 is 0 Å². The standard InChI is InChI=1S/C9H10BrN3S/c1-6-4-13(9(11)12-6)5-7-2-3-8(10)14-7/h2-4H,5H2,1H3,(H2,11,12). The molecular formula is C9H10BrN3S. The van der Waals surface area contributed by atoms with Gasteiger partial charge in [0.05, 0.1) is 16.0 Å². The Bertz CT molecular complexity index is 447. The second kappa shape index (κ2) is 3.74. The Balaban J connectivity index is 2.22. The van der Waals surface area contributed by atoms with Crippen molar-refractivity contribution in [3.05, 3.63) is 32.7 Å². The summed E-state index contributed by atoms with van der Waals surface area (Å²) >= 11 is 5.14. The van der Waals surface area contributed by atoms with Crippen LogP contribution in [0.15, 0.2) is 22.1 Å². The fraction of sp³-hybridized carbons (Fsp3) is 0.222. The molecule has 0 radical (unpaired) electrons. The highest BCUT2D eigenvalue weighted by molar-refractivity contribution is 9.11. The number of thiophene rings is 1. The van der Waals surface area contributed by atoms with Crippen LogP contribution in [-0.2, 0) is 6.54 Å².